The van der Waals surface area contributed by atoms with Gasteiger partial charge in [0.05, 0.1) is 10.7 Å². The van der Waals surface area contributed by atoms with E-state index in [2.05, 4.69) is 9.97 Å². The summed E-state index contributed by atoms with van der Waals surface area (Å²) in [6, 6.07) is 3.72. The van der Waals surface area contributed by atoms with E-state index in [0.717, 1.165) is 6.07 Å². The maximum absolute atomic E-state index is 12.9. The zero-order chi connectivity index (χ0) is 13.3. The number of nitrogen functional groups attached to an aromatic ring is 1. The van der Waals surface area contributed by atoms with Crippen LogP contribution < -0.4 is 10.5 Å². The Bertz CT molecular complexity index is 607. The second kappa shape index (κ2) is 4.96. The van der Waals surface area contributed by atoms with Crippen molar-refractivity contribution in [3.8, 4) is 11.6 Å². The highest BCUT2D eigenvalue weighted by Crippen LogP contribution is 2.32. The molecule has 0 spiro atoms. The first-order valence-electron chi connectivity index (χ1n) is 4.90. The van der Waals surface area contributed by atoms with Crippen molar-refractivity contribution in [2.24, 2.45) is 0 Å². The molecule has 0 fully saturated rings. The fourth-order valence-corrected chi connectivity index (χ4v) is 1.67. The molecule has 2 aromatic rings. The van der Waals surface area contributed by atoms with E-state index >= 15 is 0 Å². The summed E-state index contributed by atoms with van der Waals surface area (Å²) in [5.41, 5.74) is 6.49. The Balaban J connectivity index is 2.40. The monoisotopic (exact) mass is 287 g/mol. The van der Waals surface area contributed by atoms with E-state index in [9.17, 15) is 4.39 Å². The zero-order valence-electron chi connectivity index (χ0n) is 9.25. The Morgan fingerprint density at radius 3 is 2.67 bits per heavy atom. The zero-order valence-corrected chi connectivity index (χ0v) is 10.8. The lowest BCUT2D eigenvalue weighted by molar-refractivity contribution is 0.462. The molecule has 0 atom stereocenters. The number of anilines is 1. The van der Waals surface area contributed by atoms with Crippen molar-refractivity contribution < 1.29 is 9.13 Å². The van der Waals surface area contributed by atoms with Crippen molar-refractivity contribution in [2.45, 2.75) is 6.92 Å². The lowest BCUT2D eigenvalue weighted by Crippen LogP contribution is -2.01. The van der Waals surface area contributed by atoms with Gasteiger partial charge in [0.2, 0.25) is 11.2 Å². The molecular formula is C11H8Cl2FN3O. The Labute approximate surface area is 113 Å². The summed E-state index contributed by atoms with van der Waals surface area (Å²) in [5.74, 6) is -0.142. The minimum Gasteiger partial charge on any atom is -0.435 e. The van der Waals surface area contributed by atoms with Crippen molar-refractivity contribution >= 4 is 28.9 Å². The van der Waals surface area contributed by atoms with Gasteiger partial charge in [-0.05, 0) is 36.7 Å². The third-order valence-corrected chi connectivity index (χ3v) is 2.64. The fourth-order valence-electron chi connectivity index (χ4n) is 1.26. The van der Waals surface area contributed by atoms with Crippen LogP contribution in [0.15, 0.2) is 18.2 Å². The Morgan fingerprint density at radius 2 is 2.00 bits per heavy atom. The molecule has 0 aliphatic rings. The van der Waals surface area contributed by atoms with Gasteiger partial charge in [-0.2, -0.15) is 4.98 Å². The summed E-state index contributed by atoms with van der Waals surface area (Å²) in [5, 5.41) is 0.122. The third-order valence-electron chi connectivity index (χ3n) is 2.17. The molecule has 0 bridgehead atoms. The molecule has 0 aliphatic heterocycles. The number of ether oxygens (including phenoxy) is 1. The highest BCUT2D eigenvalue weighted by Gasteiger charge is 2.12. The average molecular weight is 288 g/mol. The van der Waals surface area contributed by atoms with Gasteiger partial charge in [-0.3, -0.25) is 0 Å². The molecule has 1 heterocycles. The molecule has 18 heavy (non-hydrogen) atoms. The van der Waals surface area contributed by atoms with Crippen molar-refractivity contribution in [2.75, 3.05) is 5.73 Å². The molecule has 4 nitrogen and oxygen atoms in total. The van der Waals surface area contributed by atoms with Crippen LogP contribution in [0, 0.1) is 12.7 Å². The lowest BCUT2D eigenvalue weighted by atomic mass is 10.3. The van der Waals surface area contributed by atoms with E-state index in [-0.39, 0.29) is 27.6 Å². The van der Waals surface area contributed by atoms with Gasteiger partial charge >= 0.3 is 0 Å². The summed E-state index contributed by atoms with van der Waals surface area (Å²) < 4.78 is 18.3. The van der Waals surface area contributed by atoms with E-state index in [0.29, 0.717) is 5.69 Å². The summed E-state index contributed by atoms with van der Waals surface area (Å²) in [6.45, 7) is 1.67. The first-order valence-corrected chi connectivity index (χ1v) is 5.65. The summed E-state index contributed by atoms with van der Waals surface area (Å²) in [6.07, 6.45) is 0. The molecule has 0 amide bonds. The van der Waals surface area contributed by atoms with Gasteiger partial charge in [-0.15, -0.1) is 0 Å². The molecule has 0 saturated carbocycles. The van der Waals surface area contributed by atoms with Gasteiger partial charge in [-0.25, -0.2) is 9.37 Å². The van der Waals surface area contributed by atoms with Crippen LogP contribution in [0.4, 0.5) is 10.1 Å². The molecular weight excluding hydrogens is 280 g/mol. The van der Waals surface area contributed by atoms with Crippen molar-refractivity contribution in [1.29, 1.82) is 0 Å². The molecule has 0 saturated heterocycles. The topological polar surface area (TPSA) is 61.0 Å². The first kappa shape index (κ1) is 12.9. The fraction of sp³-hybridized carbons (Fsp3) is 0.0909. The van der Waals surface area contributed by atoms with Gasteiger partial charge < -0.3 is 10.5 Å². The number of rotatable bonds is 2. The second-order valence-electron chi connectivity index (χ2n) is 3.47. The van der Waals surface area contributed by atoms with Gasteiger partial charge in [0.25, 0.3) is 0 Å². The summed E-state index contributed by atoms with van der Waals surface area (Å²) in [7, 11) is 0. The second-order valence-corrected chi connectivity index (χ2v) is 4.22. The van der Waals surface area contributed by atoms with Crippen LogP contribution in [0.1, 0.15) is 5.69 Å². The van der Waals surface area contributed by atoms with Crippen LogP contribution in [0.3, 0.4) is 0 Å². The van der Waals surface area contributed by atoms with E-state index in [1.165, 1.54) is 12.1 Å². The lowest BCUT2D eigenvalue weighted by Gasteiger charge is -2.10. The molecule has 7 heteroatoms. The van der Waals surface area contributed by atoms with Crippen LogP contribution in [0.5, 0.6) is 11.6 Å². The van der Waals surface area contributed by atoms with Crippen molar-refractivity contribution in [1.82, 2.24) is 9.97 Å². The summed E-state index contributed by atoms with van der Waals surface area (Å²) >= 11 is 11.5. The molecule has 0 unspecified atom stereocenters. The van der Waals surface area contributed by atoms with Crippen LogP contribution >= 0.6 is 23.2 Å². The number of halogens is 3. The molecule has 2 N–H and O–H groups in total. The van der Waals surface area contributed by atoms with Crippen LogP contribution in [-0.2, 0) is 0 Å². The number of hydrogen-bond acceptors (Lipinski definition) is 4. The highest BCUT2D eigenvalue weighted by molar-refractivity contribution is 6.32. The predicted octanol–water partition coefficient (Wildman–Crippen LogP) is 3.61. The number of hydrogen-bond donors (Lipinski definition) is 1. The first-order chi connectivity index (χ1) is 8.47. The maximum atomic E-state index is 12.9. The average Bonchev–Trinajstić information content (AvgIpc) is 2.29. The number of aromatic nitrogens is 2. The molecule has 0 aliphatic carbocycles. The smallest absolute Gasteiger partial charge is 0.247 e. The molecule has 94 valence electrons. The molecule has 1 aromatic heterocycles. The van der Waals surface area contributed by atoms with Gasteiger partial charge in [-0.1, -0.05) is 11.6 Å². The Kier molecular flexibility index (Phi) is 3.54. The SMILES string of the molecule is Cc1nc(Cl)nc(Oc2ccc(F)cc2Cl)c1N. The maximum Gasteiger partial charge on any atom is 0.247 e. The molecule has 2 rings (SSSR count). The van der Waals surface area contributed by atoms with E-state index < -0.39 is 5.82 Å². The van der Waals surface area contributed by atoms with E-state index in [1.807, 2.05) is 0 Å². The van der Waals surface area contributed by atoms with Crippen LogP contribution in [0.2, 0.25) is 10.3 Å². The van der Waals surface area contributed by atoms with Gasteiger partial charge in [0.15, 0.2) is 0 Å². The highest BCUT2D eigenvalue weighted by atomic mass is 35.5. The van der Waals surface area contributed by atoms with E-state index in [4.69, 9.17) is 33.7 Å². The van der Waals surface area contributed by atoms with Crippen LogP contribution in [-0.4, -0.2) is 9.97 Å². The normalized spacial score (nSPS) is 10.4. The van der Waals surface area contributed by atoms with Gasteiger partial charge in [0.1, 0.15) is 17.3 Å². The number of nitrogens with two attached hydrogens (primary N) is 1. The quantitative estimate of drug-likeness (QED) is 0.857. The van der Waals surface area contributed by atoms with E-state index in [1.54, 1.807) is 6.92 Å². The number of aryl methyl sites for hydroxylation is 1. The van der Waals surface area contributed by atoms with Crippen LogP contribution in [0.25, 0.3) is 0 Å². The minimum absolute atomic E-state index is 0.00920. The predicted molar refractivity (Wildman–Crippen MR) is 67.7 cm³/mol. The largest absolute Gasteiger partial charge is 0.435 e. The Morgan fingerprint density at radius 1 is 1.28 bits per heavy atom. The van der Waals surface area contributed by atoms with Gasteiger partial charge in [0, 0.05) is 0 Å². The molecule has 1 aromatic carbocycles. The number of nitrogens with zero attached hydrogens (tertiary/aromatic N) is 2. The van der Waals surface area contributed by atoms with Crippen molar-refractivity contribution in [3.05, 3.63) is 40.0 Å². The number of benzene rings is 1. The minimum atomic E-state index is -0.461. The third kappa shape index (κ3) is 2.63. The van der Waals surface area contributed by atoms with Crippen molar-refractivity contribution in [3.63, 3.8) is 0 Å². The summed E-state index contributed by atoms with van der Waals surface area (Å²) in [4.78, 5) is 7.72. The standard InChI is InChI=1S/C11H8Cl2FN3O/c1-5-9(15)10(17-11(13)16-5)18-8-3-2-6(14)4-7(8)12/h2-4H,15H2,1H3. The Hall–Kier alpha value is -1.59. The molecule has 0 radical (unpaired) electrons.